The van der Waals surface area contributed by atoms with Crippen LogP contribution in [0.3, 0.4) is 0 Å². The van der Waals surface area contributed by atoms with Crippen LogP contribution in [-0.4, -0.2) is 0 Å². The van der Waals surface area contributed by atoms with Crippen molar-refractivity contribution in [1.82, 2.24) is 0 Å². The molecule has 13 heavy (non-hydrogen) atoms. The maximum absolute atomic E-state index is 7.50. The molecule has 0 unspecified atom stereocenters. The van der Waals surface area contributed by atoms with E-state index in [0.29, 0.717) is 11.3 Å². The van der Waals surface area contributed by atoms with E-state index in [9.17, 15) is 0 Å². The highest BCUT2D eigenvalue weighted by Gasteiger charge is 2.12. The second kappa shape index (κ2) is 2.55. The molecule has 64 valence electrons. The fraction of sp³-hybridized carbons (Fsp3) is 0. The van der Waals surface area contributed by atoms with Gasteiger partial charge in [0.05, 0.1) is 11.0 Å². The fourth-order valence-corrected chi connectivity index (χ4v) is 1.36. The molecule has 0 amide bonds. The largest absolute Gasteiger partial charge is 0.396 e. The van der Waals surface area contributed by atoms with Crippen molar-refractivity contribution in [2.75, 3.05) is 5.73 Å². The second-order valence-electron chi connectivity index (χ2n) is 2.90. The maximum Gasteiger partial charge on any atom is 0.103 e. The molecule has 0 aliphatic heterocycles. The topological polar surface area (TPSA) is 73.7 Å². The molecule has 3 heteroatoms. The summed E-state index contributed by atoms with van der Waals surface area (Å²) < 4.78 is 0. The van der Waals surface area contributed by atoms with E-state index < -0.39 is 0 Å². The highest BCUT2D eigenvalue weighted by atomic mass is 14.6. The van der Waals surface area contributed by atoms with E-state index in [1.807, 2.05) is 30.3 Å². The van der Waals surface area contributed by atoms with Crippen molar-refractivity contribution in [3.8, 4) is 11.1 Å². The lowest BCUT2D eigenvalue weighted by molar-refractivity contribution is 1.11. The van der Waals surface area contributed by atoms with Gasteiger partial charge in [-0.15, -0.1) is 0 Å². The molecule has 0 spiro atoms. The summed E-state index contributed by atoms with van der Waals surface area (Å²) in [6.45, 7) is 0. The van der Waals surface area contributed by atoms with Gasteiger partial charge in [-0.1, -0.05) is 30.3 Å². The number of hydrogen-bond acceptors (Lipinski definition) is 3. The third kappa shape index (κ3) is 0.973. The lowest BCUT2D eigenvalue weighted by Gasteiger charge is -2.09. The first-order valence-corrected chi connectivity index (χ1v) is 3.95. The molecule has 0 radical (unpaired) electrons. The third-order valence-corrected chi connectivity index (χ3v) is 2.10. The van der Waals surface area contributed by atoms with Gasteiger partial charge in [-0.3, -0.25) is 10.8 Å². The van der Waals surface area contributed by atoms with Gasteiger partial charge in [0.25, 0.3) is 0 Å². The van der Waals surface area contributed by atoms with Gasteiger partial charge in [-0.2, -0.15) is 0 Å². The standard InChI is InChI=1S/C10H9N3/c11-8-7(9(12)10(8)13)6-4-2-1-3-5-6/h1-5,11,13H,12H2. The van der Waals surface area contributed by atoms with Gasteiger partial charge in [0, 0.05) is 5.56 Å². The van der Waals surface area contributed by atoms with Gasteiger partial charge in [0.15, 0.2) is 0 Å². The number of anilines is 1. The Kier molecular flexibility index (Phi) is 1.52. The zero-order valence-corrected chi connectivity index (χ0v) is 6.96. The van der Waals surface area contributed by atoms with Gasteiger partial charge in [-0.25, -0.2) is 0 Å². The summed E-state index contributed by atoms with van der Waals surface area (Å²) in [4.78, 5) is 0. The van der Waals surface area contributed by atoms with Crippen LogP contribution in [0.5, 0.6) is 0 Å². The molecular weight excluding hydrogens is 162 g/mol. The molecule has 0 heterocycles. The summed E-state index contributed by atoms with van der Waals surface area (Å²) >= 11 is 0. The first-order chi connectivity index (χ1) is 6.22. The molecule has 4 N–H and O–H groups in total. The second-order valence-corrected chi connectivity index (χ2v) is 2.90. The minimum absolute atomic E-state index is 0.152. The van der Waals surface area contributed by atoms with Crippen molar-refractivity contribution in [2.24, 2.45) is 0 Å². The van der Waals surface area contributed by atoms with Crippen LogP contribution >= 0.6 is 0 Å². The quantitative estimate of drug-likeness (QED) is 0.582. The lowest BCUT2D eigenvalue weighted by atomic mass is 9.98. The third-order valence-electron chi connectivity index (χ3n) is 2.10. The van der Waals surface area contributed by atoms with Crippen molar-refractivity contribution >= 4 is 5.69 Å². The average molecular weight is 171 g/mol. The van der Waals surface area contributed by atoms with Crippen molar-refractivity contribution in [3.63, 3.8) is 0 Å². The molecule has 3 nitrogen and oxygen atoms in total. The van der Waals surface area contributed by atoms with Crippen molar-refractivity contribution in [3.05, 3.63) is 41.0 Å². The molecular formula is C10H9N3. The Labute approximate surface area is 75.2 Å². The van der Waals surface area contributed by atoms with Crippen molar-refractivity contribution in [1.29, 1.82) is 10.8 Å². The number of rotatable bonds is 1. The van der Waals surface area contributed by atoms with E-state index in [1.54, 1.807) is 0 Å². The zero-order chi connectivity index (χ0) is 9.42. The van der Waals surface area contributed by atoms with Gasteiger partial charge in [-0.05, 0) is 5.56 Å². The van der Waals surface area contributed by atoms with Crippen molar-refractivity contribution in [2.45, 2.75) is 0 Å². The Hall–Kier alpha value is -1.90. The Bertz CT molecular complexity index is 504. The van der Waals surface area contributed by atoms with Crippen LogP contribution in [0.15, 0.2) is 30.3 Å². The molecule has 0 atom stereocenters. The normalized spacial score (nSPS) is 10.5. The molecule has 0 saturated heterocycles. The average Bonchev–Trinajstić information content (AvgIpc) is 2.19. The highest BCUT2D eigenvalue weighted by Crippen LogP contribution is 2.19. The molecule has 2 rings (SSSR count). The molecule has 0 saturated carbocycles. The van der Waals surface area contributed by atoms with E-state index in [1.165, 1.54) is 0 Å². The summed E-state index contributed by atoms with van der Waals surface area (Å²) in [5, 5.41) is 15.2. The van der Waals surface area contributed by atoms with Crippen LogP contribution in [0.25, 0.3) is 11.1 Å². The molecule has 0 bridgehead atoms. The molecule has 0 aliphatic carbocycles. The Morgan fingerprint density at radius 3 is 2.08 bits per heavy atom. The first kappa shape index (κ1) is 7.73. The summed E-state index contributed by atoms with van der Waals surface area (Å²) in [6, 6.07) is 9.48. The number of hydrogen-bond donors (Lipinski definition) is 3. The molecule has 0 aliphatic rings. The van der Waals surface area contributed by atoms with Crippen LogP contribution in [0.2, 0.25) is 0 Å². The van der Waals surface area contributed by atoms with E-state index in [2.05, 4.69) is 0 Å². The van der Waals surface area contributed by atoms with Crippen LogP contribution in [0.4, 0.5) is 5.69 Å². The monoisotopic (exact) mass is 171 g/mol. The minimum atomic E-state index is 0.152. The van der Waals surface area contributed by atoms with Crippen LogP contribution in [0.1, 0.15) is 0 Å². The predicted molar refractivity (Wildman–Crippen MR) is 50.4 cm³/mol. The summed E-state index contributed by atoms with van der Waals surface area (Å²) in [5.41, 5.74) is 7.65. The highest BCUT2D eigenvalue weighted by molar-refractivity contribution is 5.79. The van der Waals surface area contributed by atoms with Gasteiger partial charge in [0.1, 0.15) is 5.36 Å². The van der Waals surface area contributed by atoms with Gasteiger partial charge < -0.3 is 5.73 Å². The Balaban J connectivity index is 2.63. The summed E-state index contributed by atoms with van der Waals surface area (Å²) in [7, 11) is 0. The van der Waals surface area contributed by atoms with Gasteiger partial charge in [0.2, 0.25) is 0 Å². The minimum Gasteiger partial charge on any atom is -0.396 e. The van der Waals surface area contributed by atoms with Crippen LogP contribution in [0, 0.1) is 10.8 Å². The van der Waals surface area contributed by atoms with Crippen LogP contribution < -0.4 is 16.4 Å². The summed E-state index contributed by atoms with van der Waals surface area (Å²) in [5.74, 6) is 0. The number of nitrogens with two attached hydrogens (primary N) is 1. The Morgan fingerprint density at radius 2 is 1.54 bits per heavy atom. The predicted octanol–water partition coefficient (Wildman–Crippen LogP) is 0.770. The van der Waals surface area contributed by atoms with Crippen molar-refractivity contribution < 1.29 is 0 Å². The number of nitrogen functional groups attached to an aromatic ring is 1. The van der Waals surface area contributed by atoms with E-state index in [0.717, 1.165) is 5.56 Å². The fourth-order valence-electron chi connectivity index (χ4n) is 1.36. The summed E-state index contributed by atoms with van der Waals surface area (Å²) in [6.07, 6.45) is 0. The molecule has 2 aromatic carbocycles. The molecule has 0 fully saturated rings. The first-order valence-electron chi connectivity index (χ1n) is 3.95. The maximum atomic E-state index is 7.50. The number of benzene rings is 1. The van der Waals surface area contributed by atoms with E-state index in [4.69, 9.17) is 16.6 Å². The molecule has 0 aromatic heterocycles. The van der Waals surface area contributed by atoms with E-state index >= 15 is 0 Å². The zero-order valence-electron chi connectivity index (χ0n) is 6.96. The Morgan fingerprint density at radius 1 is 0.923 bits per heavy atom. The number of nitrogens with one attached hydrogen (secondary N) is 2. The molecule has 2 aromatic rings. The van der Waals surface area contributed by atoms with E-state index in [-0.39, 0.29) is 10.7 Å². The smallest absolute Gasteiger partial charge is 0.103 e. The van der Waals surface area contributed by atoms with Crippen LogP contribution in [-0.2, 0) is 0 Å². The lowest BCUT2D eigenvalue weighted by Crippen LogP contribution is -2.36. The SMILES string of the molecule is N=c1c(N)c(-c2ccccc2)c1=N. The van der Waals surface area contributed by atoms with Gasteiger partial charge >= 0.3 is 0 Å².